The summed E-state index contributed by atoms with van der Waals surface area (Å²) in [4.78, 5) is 18.6. The Morgan fingerprint density at radius 2 is 2.11 bits per heavy atom. The van der Waals surface area contributed by atoms with E-state index in [0.717, 1.165) is 24.8 Å². The normalized spacial score (nSPS) is 23.0. The molecular formula is C14H21N3O2. The average molecular weight is 263 g/mol. The molecule has 19 heavy (non-hydrogen) atoms. The largest absolute Gasteiger partial charge is 0.476 e. The van der Waals surface area contributed by atoms with Gasteiger partial charge < -0.3 is 10.4 Å². The second kappa shape index (κ2) is 6.50. The number of carboxylic acids is 1. The summed E-state index contributed by atoms with van der Waals surface area (Å²) in [6.07, 6.45) is 9.22. The highest BCUT2D eigenvalue weighted by Crippen LogP contribution is 2.30. The Bertz CT molecular complexity index is 428. The van der Waals surface area contributed by atoms with Gasteiger partial charge in [0.05, 0.1) is 12.4 Å². The van der Waals surface area contributed by atoms with Gasteiger partial charge in [-0.1, -0.05) is 32.6 Å². The average Bonchev–Trinajstić information content (AvgIpc) is 2.41. The lowest BCUT2D eigenvalue weighted by molar-refractivity contribution is 0.0690. The van der Waals surface area contributed by atoms with Crippen LogP contribution in [0, 0.1) is 11.8 Å². The van der Waals surface area contributed by atoms with Gasteiger partial charge in [0.15, 0.2) is 5.69 Å². The highest BCUT2D eigenvalue weighted by molar-refractivity contribution is 5.85. The Balaban J connectivity index is 1.76. The molecule has 5 nitrogen and oxygen atoms in total. The van der Waals surface area contributed by atoms with Gasteiger partial charge in [-0.25, -0.2) is 9.78 Å². The van der Waals surface area contributed by atoms with Crippen molar-refractivity contribution in [2.45, 2.75) is 39.0 Å². The number of carboxylic acid groups (broad SMARTS) is 1. The lowest BCUT2D eigenvalue weighted by atomic mass is 9.81. The Morgan fingerprint density at radius 1 is 1.37 bits per heavy atom. The van der Waals surface area contributed by atoms with Gasteiger partial charge in [0.2, 0.25) is 0 Å². The molecule has 2 N–H and O–H groups in total. The minimum atomic E-state index is -1.04. The molecule has 0 bridgehead atoms. The van der Waals surface area contributed by atoms with Crippen LogP contribution in [0.4, 0.5) is 5.82 Å². The molecule has 0 atom stereocenters. The van der Waals surface area contributed by atoms with Crippen molar-refractivity contribution in [1.29, 1.82) is 0 Å². The minimum absolute atomic E-state index is 0.0171. The second-order valence-electron chi connectivity index (χ2n) is 5.44. The van der Waals surface area contributed by atoms with Crippen molar-refractivity contribution in [1.82, 2.24) is 9.97 Å². The summed E-state index contributed by atoms with van der Waals surface area (Å²) in [5.74, 6) is 1.17. The molecule has 1 aromatic heterocycles. The molecule has 1 fully saturated rings. The van der Waals surface area contributed by atoms with E-state index in [-0.39, 0.29) is 5.69 Å². The van der Waals surface area contributed by atoms with Crippen LogP contribution in [0.25, 0.3) is 0 Å². The predicted octanol–water partition coefficient (Wildman–Crippen LogP) is 2.80. The van der Waals surface area contributed by atoms with Crippen molar-refractivity contribution in [2.75, 3.05) is 11.9 Å². The van der Waals surface area contributed by atoms with Crippen LogP contribution in [0.2, 0.25) is 0 Å². The van der Waals surface area contributed by atoms with Gasteiger partial charge in [-0.05, 0) is 18.3 Å². The Hall–Kier alpha value is -1.65. The molecule has 2 rings (SSSR count). The third-order valence-corrected chi connectivity index (χ3v) is 3.85. The van der Waals surface area contributed by atoms with Crippen LogP contribution < -0.4 is 5.32 Å². The Kier molecular flexibility index (Phi) is 4.71. The maximum Gasteiger partial charge on any atom is 0.356 e. The monoisotopic (exact) mass is 263 g/mol. The van der Waals surface area contributed by atoms with Gasteiger partial charge in [-0.2, -0.15) is 0 Å². The van der Waals surface area contributed by atoms with Gasteiger partial charge in [-0.3, -0.25) is 4.98 Å². The van der Waals surface area contributed by atoms with Crippen LogP contribution in [-0.4, -0.2) is 27.6 Å². The van der Waals surface area contributed by atoms with Crippen LogP contribution in [0.3, 0.4) is 0 Å². The molecule has 1 aromatic rings. The zero-order chi connectivity index (χ0) is 13.7. The predicted molar refractivity (Wildman–Crippen MR) is 73.2 cm³/mol. The summed E-state index contributed by atoms with van der Waals surface area (Å²) in [6.45, 7) is 3.15. The second-order valence-corrected chi connectivity index (χ2v) is 5.44. The highest BCUT2D eigenvalue weighted by Gasteiger charge is 2.17. The first-order valence-electron chi connectivity index (χ1n) is 6.94. The molecular weight excluding hydrogens is 242 g/mol. The first kappa shape index (κ1) is 13.8. The molecule has 0 spiro atoms. The Labute approximate surface area is 113 Å². The number of carbonyl (C=O) groups is 1. The number of rotatable bonds is 5. The fourth-order valence-electron chi connectivity index (χ4n) is 2.58. The molecule has 1 saturated carbocycles. The van der Waals surface area contributed by atoms with Gasteiger partial charge >= 0.3 is 5.97 Å². The zero-order valence-corrected chi connectivity index (χ0v) is 11.3. The Morgan fingerprint density at radius 3 is 2.79 bits per heavy atom. The van der Waals surface area contributed by atoms with Crippen molar-refractivity contribution < 1.29 is 9.90 Å². The van der Waals surface area contributed by atoms with Crippen molar-refractivity contribution >= 4 is 11.8 Å². The third-order valence-electron chi connectivity index (χ3n) is 3.85. The van der Waals surface area contributed by atoms with Crippen molar-refractivity contribution in [3.63, 3.8) is 0 Å². The smallest absolute Gasteiger partial charge is 0.356 e. The summed E-state index contributed by atoms with van der Waals surface area (Å²) in [5, 5.41) is 12.0. The molecule has 1 aliphatic carbocycles. The topological polar surface area (TPSA) is 75.1 Å². The number of hydrogen-bond acceptors (Lipinski definition) is 4. The fraction of sp³-hybridized carbons (Fsp3) is 0.643. The molecule has 1 aliphatic rings. The van der Waals surface area contributed by atoms with Crippen molar-refractivity contribution in [2.24, 2.45) is 11.8 Å². The van der Waals surface area contributed by atoms with Crippen molar-refractivity contribution in [3.05, 3.63) is 18.1 Å². The fourth-order valence-corrected chi connectivity index (χ4v) is 2.58. The van der Waals surface area contributed by atoms with E-state index in [0.29, 0.717) is 5.82 Å². The summed E-state index contributed by atoms with van der Waals surface area (Å²) in [5.41, 5.74) is -0.0171. The van der Waals surface area contributed by atoms with Gasteiger partial charge in [-0.15, -0.1) is 0 Å². The van der Waals surface area contributed by atoms with Crippen LogP contribution in [0.1, 0.15) is 49.5 Å². The van der Waals surface area contributed by atoms with Gasteiger partial charge in [0.25, 0.3) is 0 Å². The quantitative estimate of drug-likeness (QED) is 0.854. The van der Waals surface area contributed by atoms with Crippen molar-refractivity contribution in [3.8, 4) is 0 Å². The lowest BCUT2D eigenvalue weighted by Crippen LogP contribution is -2.16. The van der Waals surface area contributed by atoms with Crippen LogP contribution in [0.5, 0.6) is 0 Å². The summed E-state index contributed by atoms with van der Waals surface area (Å²) < 4.78 is 0. The molecule has 0 radical (unpaired) electrons. The maximum atomic E-state index is 10.8. The number of nitrogens with zero attached hydrogens (tertiary/aromatic N) is 2. The lowest BCUT2D eigenvalue weighted by Gasteiger charge is -2.26. The third kappa shape index (κ3) is 4.19. The highest BCUT2D eigenvalue weighted by atomic mass is 16.4. The first-order valence-corrected chi connectivity index (χ1v) is 6.94. The first-order chi connectivity index (χ1) is 9.15. The number of nitrogens with one attached hydrogen (secondary N) is 1. The number of aromatic carboxylic acids is 1. The number of aromatic nitrogens is 2. The van der Waals surface area contributed by atoms with E-state index >= 15 is 0 Å². The van der Waals surface area contributed by atoms with Gasteiger partial charge in [0.1, 0.15) is 5.82 Å². The molecule has 1 heterocycles. The number of hydrogen-bond donors (Lipinski definition) is 2. The molecule has 0 amide bonds. The molecule has 0 aliphatic heterocycles. The molecule has 0 saturated heterocycles. The molecule has 104 valence electrons. The standard InChI is InChI=1S/C14H21N3O2/c1-10-2-4-11(5-3-10)6-7-16-13-9-15-8-12(17-13)14(18)19/h8-11H,2-7H2,1H3,(H,16,17)(H,18,19). The summed E-state index contributed by atoms with van der Waals surface area (Å²) >= 11 is 0. The van der Waals surface area contributed by atoms with E-state index in [9.17, 15) is 4.79 Å². The number of anilines is 1. The molecule has 0 unspecified atom stereocenters. The molecule has 5 heteroatoms. The van der Waals surface area contributed by atoms with Crippen LogP contribution >= 0.6 is 0 Å². The maximum absolute atomic E-state index is 10.8. The van der Waals surface area contributed by atoms with E-state index in [2.05, 4.69) is 22.2 Å². The summed E-state index contributed by atoms with van der Waals surface area (Å²) in [7, 11) is 0. The molecule has 0 aromatic carbocycles. The van der Waals surface area contributed by atoms with Crippen LogP contribution in [-0.2, 0) is 0 Å². The zero-order valence-electron chi connectivity index (χ0n) is 11.3. The van der Waals surface area contributed by atoms with E-state index in [1.54, 1.807) is 6.20 Å². The van der Waals surface area contributed by atoms with E-state index < -0.39 is 5.97 Å². The minimum Gasteiger partial charge on any atom is -0.476 e. The van der Waals surface area contributed by atoms with Crippen LogP contribution in [0.15, 0.2) is 12.4 Å². The van der Waals surface area contributed by atoms with Gasteiger partial charge in [0, 0.05) is 6.54 Å². The van der Waals surface area contributed by atoms with E-state index in [1.807, 2.05) is 0 Å². The summed E-state index contributed by atoms with van der Waals surface area (Å²) in [6, 6.07) is 0. The van der Waals surface area contributed by atoms with E-state index in [4.69, 9.17) is 5.11 Å². The van der Waals surface area contributed by atoms with E-state index in [1.165, 1.54) is 31.9 Å². The SMILES string of the molecule is CC1CCC(CCNc2cncc(C(=O)O)n2)CC1.